The highest BCUT2D eigenvalue weighted by Crippen LogP contribution is 2.39. The Kier molecular flexibility index (Phi) is 3.27. The molecule has 2 unspecified atom stereocenters. The van der Waals surface area contributed by atoms with Crippen molar-refractivity contribution in [3.05, 3.63) is 29.1 Å². The summed E-state index contributed by atoms with van der Waals surface area (Å²) in [4.78, 5) is 4.22. The summed E-state index contributed by atoms with van der Waals surface area (Å²) >= 11 is 5.98. The number of halogens is 1. The number of nitrogens with zero attached hydrogens (tertiary/aromatic N) is 1. The molecule has 4 heteroatoms. The zero-order valence-electron chi connectivity index (χ0n) is 10.4. The van der Waals surface area contributed by atoms with Crippen LogP contribution in [0.15, 0.2) is 18.3 Å². The van der Waals surface area contributed by atoms with Crippen LogP contribution in [-0.4, -0.2) is 25.2 Å². The van der Waals surface area contributed by atoms with Crippen molar-refractivity contribution in [2.45, 2.75) is 12.8 Å². The number of allylic oxidation sites excluding steroid dienone is 1. The Morgan fingerprint density at radius 1 is 1.44 bits per heavy atom. The lowest BCUT2D eigenvalue weighted by atomic mass is 9.78. The van der Waals surface area contributed by atoms with Crippen LogP contribution in [0.25, 0.3) is 5.57 Å². The number of methoxy groups -OCH3 is 1. The van der Waals surface area contributed by atoms with E-state index in [9.17, 15) is 0 Å². The lowest BCUT2D eigenvalue weighted by Gasteiger charge is -2.26. The van der Waals surface area contributed by atoms with Gasteiger partial charge in [-0.2, -0.15) is 0 Å². The third kappa shape index (κ3) is 2.02. The first-order valence-corrected chi connectivity index (χ1v) is 6.78. The highest BCUT2D eigenvalue weighted by molar-refractivity contribution is 6.30. The quantitative estimate of drug-likeness (QED) is 0.834. The van der Waals surface area contributed by atoms with E-state index < -0.39 is 0 Å². The summed E-state index contributed by atoms with van der Waals surface area (Å²) in [6.45, 7) is 2.21. The molecule has 2 aliphatic rings. The largest absolute Gasteiger partial charge is 0.494 e. The molecule has 1 N–H and O–H groups in total. The molecule has 1 fully saturated rings. The fourth-order valence-corrected chi connectivity index (χ4v) is 3.25. The van der Waals surface area contributed by atoms with Gasteiger partial charge in [-0.25, -0.2) is 4.98 Å². The van der Waals surface area contributed by atoms with Gasteiger partial charge in [0.15, 0.2) is 10.9 Å². The molecular formula is C14H17ClN2O. The summed E-state index contributed by atoms with van der Waals surface area (Å²) < 4.78 is 5.25. The molecule has 0 spiro atoms. The van der Waals surface area contributed by atoms with E-state index in [-0.39, 0.29) is 0 Å². The average molecular weight is 265 g/mol. The first-order chi connectivity index (χ1) is 8.79. The van der Waals surface area contributed by atoms with Gasteiger partial charge >= 0.3 is 0 Å². The van der Waals surface area contributed by atoms with Crippen molar-refractivity contribution >= 4 is 17.2 Å². The molecule has 2 atom stereocenters. The minimum Gasteiger partial charge on any atom is -0.494 e. The number of hydrogen-bond donors (Lipinski definition) is 1. The molecule has 0 amide bonds. The molecule has 0 radical (unpaired) electrons. The van der Waals surface area contributed by atoms with Gasteiger partial charge < -0.3 is 10.1 Å². The third-order valence-corrected chi connectivity index (χ3v) is 4.28. The highest BCUT2D eigenvalue weighted by Gasteiger charge is 2.32. The van der Waals surface area contributed by atoms with Gasteiger partial charge in [0.25, 0.3) is 0 Å². The van der Waals surface area contributed by atoms with Crippen molar-refractivity contribution in [2.24, 2.45) is 11.8 Å². The number of aromatic nitrogens is 1. The Morgan fingerprint density at radius 2 is 2.33 bits per heavy atom. The molecule has 18 heavy (non-hydrogen) atoms. The SMILES string of the molecule is COc1cc(C2=CCCC3CNCC23)cnc1Cl. The van der Waals surface area contributed by atoms with Crippen LogP contribution in [0.2, 0.25) is 5.15 Å². The molecule has 96 valence electrons. The van der Waals surface area contributed by atoms with Crippen LogP contribution >= 0.6 is 11.6 Å². The van der Waals surface area contributed by atoms with Crippen LogP contribution in [-0.2, 0) is 0 Å². The third-order valence-electron chi connectivity index (χ3n) is 4.00. The maximum absolute atomic E-state index is 5.98. The molecule has 1 aromatic heterocycles. The second-order valence-electron chi connectivity index (χ2n) is 4.98. The van der Waals surface area contributed by atoms with Gasteiger partial charge in [0.1, 0.15) is 0 Å². The molecule has 1 aliphatic heterocycles. The van der Waals surface area contributed by atoms with E-state index in [2.05, 4.69) is 16.4 Å². The van der Waals surface area contributed by atoms with Crippen LogP contribution in [0.1, 0.15) is 18.4 Å². The average Bonchev–Trinajstić information content (AvgIpc) is 2.87. The Labute approximate surface area is 112 Å². The lowest BCUT2D eigenvalue weighted by Crippen LogP contribution is -2.18. The van der Waals surface area contributed by atoms with Crippen molar-refractivity contribution < 1.29 is 4.74 Å². The number of fused-ring (bicyclic) bond motifs is 1. The zero-order chi connectivity index (χ0) is 12.5. The topological polar surface area (TPSA) is 34.1 Å². The van der Waals surface area contributed by atoms with Gasteiger partial charge in [0, 0.05) is 18.7 Å². The van der Waals surface area contributed by atoms with E-state index >= 15 is 0 Å². The van der Waals surface area contributed by atoms with Crippen LogP contribution in [0.4, 0.5) is 0 Å². The smallest absolute Gasteiger partial charge is 0.171 e. The van der Waals surface area contributed by atoms with Gasteiger partial charge in [0.2, 0.25) is 0 Å². The fourth-order valence-electron chi connectivity index (χ4n) is 3.07. The van der Waals surface area contributed by atoms with E-state index in [4.69, 9.17) is 16.3 Å². The number of hydrogen-bond acceptors (Lipinski definition) is 3. The van der Waals surface area contributed by atoms with Crippen LogP contribution in [0.3, 0.4) is 0 Å². The predicted molar refractivity (Wildman–Crippen MR) is 72.9 cm³/mol. The molecule has 2 heterocycles. The van der Waals surface area contributed by atoms with Crippen molar-refractivity contribution in [1.82, 2.24) is 10.3 Å². The van der Waals surface area contributed by atoms with Gasteiger partial charge in [-0.3, -0.25) is 0 Å². The van der Waals surface area contributed by atoms with Crippen molar-refractivity contribution in [3.8, 4) is 5.75 Å². The summed E-state index contributed by atoms with van der Waals surface area (Å²) in [5.41, 5.74) is 2.55. The molecule has 3 nitrogen and oxygen atoms in total. The molecule has 1 saturated heterocycles. The minimum absolute atomic E-state index is 0.429. The van der Waals surface area contributed by atoms with Crippen LogP contribution in [0.5, 0.6) is 5.75 Å². The zero-order valence-corrected chi connectivity index (χ0v) is 11.2. The molecule has 0 aromatic carbocycles. The fraction of sp³-hybridized carbons (Fsp3) is 0.500. The number of pyridine rings is 1. The normalized spacial score (nSPS) is 26.7. The van der Waals surface area contributed by atoms with E-state index in [1.54, 1.807) is 7.11 Å². The van der Waals surface area contributed by atoms with Gasteiger partial charge in [-0.05, 0) is 42.5 Å². The summed E-state index contributed by atoms with van der Waals surface area (Å²) in [7, 11) is 1.63. The van der Waals surface area contributed by atoms with E-state index in [0.29, 0.717) is 16.8 Å². The molecular weight excluding hydrogens is 248 g/mol. The Bertz CT molecular complexity index is 487. The molecule has 3 rings (SSSR count). The van der Waals surface area contributed by atoms with Gasteiger partial charge in [0.05, 0.1) is 7.11 Å². The Morgan fingerprint density at radius 3 is 3.17 bits per heavy atom. The van der Waals surface area contributed by atoms with Gasteiger partial charge in [-0.15, -0.1) is 0 Å². The molecule has 1 aromatic rings. The highest BCUT2D eigenvalue weighted by atomic mass is 35.5. The van der Waals surface area contributed by atoms with Crippen molar-refractivity contribution in [3.63, 3.8) is 0 Å². The van der Waals surface area contributed by atoms with E-state index in [0.717, 1.165) is 31.0 Å². The molecule has 1 aliphatic carbocycles. The lowest BCUT2D eigenvalue weighted by molar-refractivity contribution is 0.412. The first-order valence-electron chi connectivity index (χ1n) is 6.40. The summed E-state index contributed by atoms with van der Waals surface area (Å²) in [6.07, 6.45) is 6.65. The maximum Gasteiger partial charge on any atom is 0.171 e. The summed E-state index contributed by atoms with van der Waals surface area (Å²) in [5.74, 6) is 2.04. The summed E-state index contributed by atoms with van der Waals surface area (Å²) in [6, 6.07) is 2.00. The number of nitrogens with one attached hydrogen (secondary N) is 1. The Balaban J connectivity index is 1.96. The van der Waals surface area contributed by atoms with Gasteiger partial charge in [-0.1, -0.05) is 17.7 Å². The number of ether oxygens (including phenoxy) is 1. The molecule has 0 saturated carbocycles. The number of rotatable bonds is 2. The maximum atomic E-state index is 5.98. The van der Waals surface area contributed by atoms with Crippen molar-refractivity contribution in [2.75, 3.05) is 20.2 Å². The minimum atomic E-state index is 0.429. The monoisotopic (exact) mass is 264 g/mol. The predicted octanol–water partition coefficient (Wildman–Crippen LogP) is 2.76. The molecule has 0 bridgehead atoms. The second kappa shape index (κ2) is 4.90. The summed E-state index contributed by atoms with van der Waals surface area (Å²) in [5, 5.41) is 3.91. The van der Waals surface area contributed by atoms with Crippen LogP contribution in [0, 0.1) is 11.8 Å². The van der Waals surface area contributed by atoms with E-state index in [1.807, 2.05) is 12.3 Å². The second-order valence-corrected chi connectivity index (χ2v) is 5.34. The van der Waals surface area contributed by atoms with Crippen LogP contribution < -0.4 is 10.1 Å². The van der Waals surface area contributed by atoms with Crippen molar-refractivity contribution in [1.29, 1.82) is 0 Å². The first kappa shape index (κ1) is 12.0. The van der Waals surface area contributed by atoms with E-state index in [1.165, 1.54) is 12.0 Å². The Hall–Kier alpha value is -1.06. The standard InChI is InChI=1S/C14H17ClN2O/c1-18-13-5-10(7-17-14(13)15)11-4-2-3-9-6-16-8-12(9)11/h4-5,7,9,12,16H,2-3,6,8H2,1H3.